The summed E-state index contributed by atoms with van der Waals surface area (Å²) in [6.07, 6.45) is -0.547. The van der Waals surface area contributed by atoms with Gasteiger partial charge in [0.1, 0.15) is 18.5 Å². The van der Waals surface area contributed by atoms with Crippen molar-refractivity contribution in [2.45, 2.75) is 39.8 Å². The lowest BCUT2D eigenvalue weighted by Crippen LogP contribution is -2.35. The van der Waals surface area contributed by atoms with Gasteiger partial charge in [0, 0.05) is 12.6 Å². The molecule has 0 fully saturated rings. The molecule has 0 aliphatic carbocycles. The van der Waals surface area contributed by atoms with Gasteiger partial charge in [-0.25, -0.2) is 0 Å². The zero-order valence-corrected chi connectivity index (χ0v) is 12.4. The Labute approximate surface area is 118 Å². The number of aliphatic hydroxyl groups excluding tert-OH is 1. The topological polar surface area (TPSA) is 67.5 Å². The zero-order valence-electron chi connectivity index (χ0n) is 12.4. The van der Waals surface area contributed by atoms with Crippen molar-refractivity contribution in [3.63, 3.8) is 0 Å². The Morgan fingerprint density at radius 2 is 2.10 bits per heavy atom. The van der Waals surface area contributed by atoms with Crippen LogP contribution in [0.25, 0.3) is 11.0 Å². The molecule has 2 N–H and O–H groups in total. The molecule has 1 aromatic heterocycles. The number of fused-ring (bicyclic) bond motifs is 1. The van der Waals surface area contributed by atoms with E-state index in [9.17, 15) is 5.11 Å². The Kier molecular flexibility index (Phi) is 4.62. The van der Waals surface area contributed by atoms with E-state index in [0.29, 0.717) is 18.3 Å². The minimum Gasteiger partial charge on any atom is -0.490 e. The van der Waals surface area contributed by atoms with Gasteiger partial charge >= 0.3 is 0 Å². The van der Waals surface area contributed by atoms with Gasteiger partial charge in [-0.05, 0) is 25.5 Å². The number of hydrogen-bond acceptors (Lipinski definition) is 5. The summed E-state index contributed by atoms with van der Waals surface area (Å²) in [6.45, 7) is 8.68. The van der Waals surface area contributed by atoms with Gasteiger partial charge in [-0.2, -0.15) is 0 Å². The van der Waals surface area contributed by atoms with Gasteiger partial charge in [0.2, 0.25) is 0 Å². The van der Waals surface area contributed by atoms with Crippen LogP contribution in [0.2, 0.25) is 0 Å². The average Bonchev–Trinajstić information content (AvgIpc) is 2.79. The fraction of sp³-hybridized carbons (Fsp3) is 0.533. The van der Waals surface area contributed by atoms with Gasteiger partial charge in [0.05, 0.1) is 11.1 Å². The third-order valence-corrected chi connectivity index (χ3v) is 3.14. The van der Waals surface area contributed by atoms with E-state index in [-0.39, 0.29) is 6.61 Å². The van der Waals surface area contributed by atoms with Crippen LogP contribution in [0.4, 0.5) is 0 Å². The van der Waals surface area contributed by atoms with Crippen molar-refractivity contribution in [3.8, 4) is 5.75 Å². The highest BCUT2D eigenvalue weighted by molar-refractivity contribution is 5.88. The minimum absolute atomic E-state index is 0.239. The number of hydrogen-bond donors (Lipinski definition) is 2. The first-order chi connectivity index (χ1) is 9.49. The third kappa shape index (κ3) is 3.29. The molecule has 110 valence electrons. The molecule has 20 heavy (non-hydrogen) atoms. The van der Waals surface area contributed by atoms with Gasteiger partial charge < -0.3 is 19.7 Å². The zero-order chi connectivity index (χ0) is 14.7. The van der Waals surface area contributed by atoms with E-state index in [1.165, 1.54) is 0 Å². The predicted octanol–water partition coefficient (Wildman–Crippen LogP) is 2.18. The van der Waals surface area contributed by atoms with Crippen molar-refractivity contribution < 1.29 is 14.4 Å². The van der Waals surface area contributed by atoms with Crippen LogP contribution in [-0.2, 0) is 0 Å². The van der Waals surface area contributed by atoms with E-state index in [2.05, 4.69) is 10.5 Å². The van der Waals surface area contributed by atoms with Crippen LogP contribution in [0.1, 0.15) is 25.1 Å². The molecule has 0 saturated heterocycles. The highest BCUT2D eigenvalue weighted by Crippen LogP contribution is 2.31. The summed E-state index contributed by atoms with van der Waals surface area (Å²) in [6, 6.07) is 4.17. The summed E-state index contributed by atoms with van der Waals surface area (Å²) >= 11 is 0. The standard InChI is InChI=1S/C15H22N2O3/c1-9(2)16-7-12(18)8-19-13-6-5-10(3)15-14(13)11(4)17-20-15/h5-6,9,12,16,18H,7-8H2,1-4H3. The minimum atomic E-state index is -0.547. The first kappa shape index (κ1) is 14.8. The first-order valence-corrected chi connectivity index (χ1v) is 6.89. The molecule has 1 heterocycles. The van der Waals surface area contributed by atoms with Crippen LogP contribution < -0.4 is 10.1 Å². The summed E-state index contributed by atoms with van der Waals surface area (Å²) in [5.74, 6) is 0.702. The number of aromatic nitrogens is 1. The third-order valence-electron chi connectivity index (χ3n) is 3.14. The van der Waals surface area contributed by atoms with Crippen LogP contribution in [-0.4, -0.2) is 35.6 Å². The molecular formula is C15H22N2O3. The number of aliphatic hydroxyl groups is 1. The molecule has 0 spiro atoms. The molecule has 1 atom stereocenters. The quantitative estimate of drug-likeness (QED) is 0.847. The van der Waals surface area contributed by atoms with E-state index >= 15 is 0 Å². The number of rotatable bonds is 6. The lowest BCUT2D eigenvalue weighted by Gasteiger charge is -2.15. The molecule has 1 unspecified atom stereocenters. The monoisotopic (exact) mass is 278 g/mol. The van der Waals surface area contributed by atoms with Crippen molar-refractivity contribution in [1.29, 1.82) is 0 Å². The Hall–Kier alpha value is -1.59. The Bertz CT molecular complexity index is 578. The van der Waals surface area contributed by atoms with Crippen molar-refractivity contribution in [1.82, 2.24) is 10.5 Å². The van der Waals surface area contributed by atoms with Gasteiger partial charge in [-0.15, -0.1) is 0 Å². The van der Waals surface area contributed by atoms with E-state index in [0.717, 1.165) is 22.2 Å². The molecule has 1 aromatic carbocycles. The number of nitrogens with one attached hydrogen (secondary N) is 1. The summed E-state index contributed by atoms with van der Waals surface area (Å²) in [5, 5.41) is 17.9. The van der Waals surface area contributed by atoms with Crippen molar-refractivity contribution >= 4 is 11.0 Å². The van der Waals surface area contributed by atoms with E-state index in [1.807, 2.05) is 39.8 Å². The predicted molar refractivity (Wildman–Crippen MR) is 78.1 cm³/mol. The van der Waals surface area contributed by atoms with Crippen LogP contribution in [0, 0.1) is 13.8 Å². The lowest BCUT2D eigenvalue weighted by molar-refractivity contribution is 0.105. The molecule has 2 aromatic rings. The number of ether oxygens (including phenoxy) is 1. The molecular weight excluding hydrogens is 256 g/mol. The van der Waals surface area contributed by atoms with Gasteiger partial charge in [0.25, 0.3) is 0 Å². The molecule has 0 saturated carbocycles. The van der Waals surface area contributed by atoms with Crippen molar-refractivity contribution in [2.24, 2.45) is 0 Å². The lowest BCUT2D eigenvalue weighted by atomic mass is 10.1. The average molecular weight is 278 g/mol. The Balaban J connectivity index is 2.07. The maximum absolute atomic E-state index is 9.88. The summed E-state index contributed by atoms with van der Waals surface area (Å²) in [7, 11) is 0. The fourth-order valence-corrected chi connectivity index (χ4v) is 2.03. The van der Waals surface area contributed by atoms with Gasteiger partial charge in [-0.1, -0.05) is 25.1 Å². The number of benzene rings is 1. The van der Waals surface area contributed by atoms with Gasteiger partial charge in [0.15, 0.2) is 5.58 Å². The molecule has 0 aliphatic rings. The molecule has 0 radical (unpaired) electrons. The van der Waals surface area contributed by atoms with Crippen LogP contribution >= 0.6 is 0 Å². The number of aryl methyl sites for hydroxylation is 2. The van der Waals surface area contributed by atoms with Crippen molar-refractivity contribution in [3.05, 3.63) is 23.4 Å². The molecule has 5 heteroatoms. The number of nitrogens with zero attached hydrogens (tertiary/aromatic N) is 1. The van der Waals surface area contributed by atoms with Crippen molar-refractivity contribution in [2.75, 3.05) is 13.2 Å². The highest BCUT2D eigenvalue weighted by Gasteiger charge is 2.14. The fourth-order valence-electron chi connectivity index (χ4n) is 2.03. The molecule has 0 aliphatic heterocycles. The van der Waals surface area contributed by atoms with Crippen LogP contribution in [0.5, 0.6) is 5.75 Å². The summed E-state index contributed by atoms with van der Waals surface area (Å²) in [5.41, 5.74) is 2.57. The Morgan fingerprint density at radius 3 is 2.80 bits per heavy atom. The highest BCUT2D eigenvalue weighted by atomic mass is 16.5. The first-order valence-electron chi connectivity index (χ1n) is 6.89. The van der Waals surface area contributed by atoms with Gasteiger partial charge in [-0.3, -0.25) is 0 Å². The summed E-state index contributed by atoms with van der Waals surface area (Å²) < 4.78 is 11.0. The largest absolute Gasteiger partial charge is 0.490 e. The van der Waals surface area contributed by atoms with Crippen LogP contribution in [0.15, 0.2) is 16.7 Å². The maximum atomic E-state index is 9.88. The smallest absolute Gasteiger partial charge is 0.173 e. The molecule has 2 rings (SSSR count). The van der Waals surface area contributed by atoms with E-state index in [4.69, 9.17) is 9.26 Å². The molecule has 0 bridgehead atoms. The van der Waals surface area contributed by atoms with E-state index in [1.54, 1.807) is 0 Å². The molecule has 0 amide bonds. The second-order valence-electron chi connectivity index (χ2n) is 5.38. The molecule has 5 nitrogen and oxygen atoms in total. The Morgan fingerprint density at radius 1 is 1.35 bits per heavy atom. The van der Waals surface area contributed by atoms with E-state index < -0.39 is 6.10 Å². The maximum Gasteiger partial charge on any atom is 0.173 e. The second-order valence-corrected chi connectivity index (χ2v) is 5.38. The SMILES string of the molecule is Cc1ccc(OCC(O)CNC(C)C)c2c(C)noc12. The normalized spacial score (nSPS) is 13.1. The summed E-state index contributed by atoms with van der Waals surface area (Å²) in [4.78, 5) is 0. The van der Waals surface area contributed by atoms with Crippen LogP contribution in [0.3, 0.4) is 0 Å². The second kappa shape index (κ2) is 6.24.